The summed E-state index contributed by atoms with van der Waals surface area (Å²) in [4.78, 5) is 53.6. The summed E-state index contributed by atoms with van der Waals surface area (Å²) in [6, 6.07) is 7.01. The number of imide groups is 1. The van der Waals surface area contributed by atoms with E-state index in [2.05, 4.69) is 0 Å². The van der Waals surface area contributed by atoms with Crippen molar-refractivity contribution in [3.05, 3.63) is 47.6 Å². The van der Waals surface area contributed by atoms with Crippen LogP contribution < -0.4 is 9.80 Å². The van der Waals surface area contributed by atoms with Crippen molar-refractivity contribution in [2.75, 3.05) is 42.6 Å². The van der Waals surface area contributed by atoms with Crippen molar-refractivity contribution in [3.8, 4) is 0 Å². The second-order valence-electron chi connectivity index (χ2n) is 7.49. The minimum absolute atomic E-state index is 0.00133. The van der Waals surface area contributed by atoms with Crippen LogP contribution >= 0.6 is 0 Å². The van der Waals surface area contributed by atoms with Gasteiger partial charge < -0.3 is 14.4 Å². The standard InChI is InChI=1S/C22H23N3O6/c1-3-4-18-14(2)20(27)25(21(18)28)12-17-11-24(22(29)31-17)16-7-5-15(6-8-16)23-9-10-30-13-19(23)26/h3-8,17H,9-13H2,1-2H3/b4-3-. The lowest BCUT2D eigenvalue weighted by Crippen LogP contribution is -2.41. The van der Waals surface area contributed by atoms with Crippen molar-refractivity contribution in [2.24, 2.45) is 0 Å². The number of rotatable bonds is 5. The van der Waals surface area contributed by atoms with Crippen LogP contribution in [0.4, 0.5) is 16.2 Å². The minimum atomic E-state index is -0.626. The Morgan fingerprint density at radius 3 is 2.35 bits per heavy atom. The third-order valence-electron chi connectivity index (χ3n) is 5.50. The van der Waals surface area contributed by atoms with Gasteiger partial charge in [-0.3, -0.25) is 24.2 Å². The number of allylic oxidation sites excluding steroid dienone is 1. The van der Waals surface area contributed by atoms with E-state index in [0.29, 0.717) is 30.0 Å². The number of cyclic esters (lactones) is 1. The number of nitrogens with zero attached hydrogens (tertiary/aromatic N) is 3. The molecule has 1 unspecified atom stereocenters. The van der Waals surface area contributed by atoms with Crippen molar-refractivity contribution in [3.63, 3.8) is 0 Å². The molecular weight excluding hydrogens is 402 g/mol. The summed E-state index contributed by atoms with van der Waals surface area (Å²) < 4.78 is 10.5. The Balaban J connectivity index is 1.42. The third kappa shape index (κ3) is 3.84. The fourth-order valence-corrected chi connectivity index (χ4v) is 3.88. The molecule has 2 saturated heterocycles. The molecule has 4 rings (SSSR count). The average Bonchev–Trinajstić information content (AvgIpc) is 3.23. The second-order valence-corrected chi connectivity index (χ2v) is 7.49. The predicted molar refractivity (Wildman–Crippen MR) is 111 cm³/mol. The van der Waals surface area contributed by atoms with E-state index in [0.717, 1.165) is 10.6 Å². The van der Waals surface area contributed by atoms with Gasteiger partial charge >= 0.3 is 6.09 Å². The van der Waals surface area contributed by atoms with Gasteiger partial charge in [0.2, 0.25) is 0 Å². The first-order valence-corrected chi connectivity index (χ1v) is 10.1. The van der Waals surface area contributed by atoms with Gasteiger partial charge in [0.1, 0.15) is 12.7 Å². The molecule has 0 bridgehead atoms. The summed E-state index contributed by atoms with van der Waals surface area (Å²) in [6.07, 6.45) is 2.15. The molecule has 162 valence electrons. The molecule has 2 fully saturated rings. The highest BCUT2D eigenvalue weighted by molar-refractivity contribution is 6.20. The van der Waals surface area contributed by atoms with Crippen molar-refractivity contribution in [1.29, 1.82) is 0 Å². The topological polar surface area (TPSA) is 96.5 Å². The first-order valence-electron chi connectivity index (χ1n) is 10.1. The summed E-state index contributed by atoms with van der Waals surface area (Å²) >= 11 is 0. The Hall–Kier alpha value is -3.46. The van der Waals surface area contributed by atoms with E-state index in [9.17, 15) is 19.2 Å². The Kier molecular flexibility index (Phi) is 5.60. The third-order valence-corrected chi connectivity index (χ3v) is 5.50. The predicted octanol–water partition coefficient (Wildman–Crippen LogP) is 1.64. The number of hydrogen-bond donors (Lipinski definition) is 0. The lowest BCUT2D eigenvalue weighted by Gasteiger charge is -2.27. The van der Waals surface area contributed by atoms with Crippen LogP contribution in [0.25, 0.3) is 0 Å². The Labute approximate surface area is 179 Å². The molecule has 0 aromatic heterocycles. The van der Waals surface area contributed by atoms with Crippen LogP contribution in [0.3, 0.4) is 0 Å². The van der Waals surface area contributed by atoms with E-state index < -0.39 is 12.2 Å². The highest BCUT2D eigenvalue weighted by Crippen LogP contribution is 2.28. The average molecular weight is 425 g/mol. The van der Waals surface area contributed by atoms with E-state index >= 15 is 0 Å². The molecule has 4 amide bonds. The number of carbonyl (C=O) groups excluding carboxylic acids is 4. The van der Waals surface area contributed by atoms with E-state index in [-0.39, 0.29) is 37.4 Å². The number of anilines is 2. The van der Waals surface area contributed by atoms with Crippen LogP contribution in [0, 0.1) is 0 Å². The lowest BCUT2D eigenvalue weighted by molar-refractivity contribution is -0.138. The molecule has 3 heterocycles. The van der Waals surface area contributed by atoms with Gasteiger partial charge in [0.05, 0.1) is 19.7 Å². The normalized spacial score (nSPS) is 22.4. The molecule has 0 spiro atoms. The van der Waals surface area contributed by atoms with Crippen LogP contribution in [0.2, 0.25) is 0 Å². The zero-order valence-electron chi connectivity index (χ0n) is 17.4. The van der Waals surface area contributed by atoms with Gasteiger partial charge in [0, 0.05) is 29.1 Å². The smallest absolute Gasteiger partial charge is 0.414 e. The van der Waals surface area contributed by atoms with Gasteiger partial charge in [0.15, 0.2) is 0 Å². The van der Waals surface area contributed by atoms with Crippen LogP contribution in [0.1, 0.15) is 13.8 Å². The second kappa shape index (κ2) is 8.35. The van der Waals surface area contributed by atoms with Crippen molar-refractivity contribution < 1.29 is 28.7 Å². The molecule has 9 nitrogen and oxygen atoms in total. The SMILES string of the molecule is C/C=C\C1=C(C)C(=O)N(CC2CN(c3ccc(N4CCOCC4=O)cc3)C(=O)O2)C1=O. The Morgan fingerprint density at radius 2 is 1.71 bits per heavy atom. The number of ether oxygens (including phenoxy) is 2. The Morgan fingerprint density at radius 1 is 1.03 bits per heavy atom. The number of hydrogen-bond acceptors (Lipinski definition) is 6. The van der Waals surface area contributed by atoms with Gasteiger partial charge in [0.25, 0.3) is 17.7 Å². The fraction of sp³-hybridized carbons (Fsp3) is 0.364. The molecule has 1 atom stereocenters. The summed E-state index contributed by atoms with van der Waals surface area (Å²) in [5.74, 6) is -0.859. The Bertz CT molecular complexity index is 997. The maximum absolute atomic E-state index is 12.6. The van der Waals surface area contributed by atoms with Crippen molar-refractivity contribution in [1.82, 2.24) is 4.90 Å². The minimum Gasteiger partial charge on any atom is -0.442 e. The molecule has 0 aliphatic carbocycles. The molecule has 1 aromatic carbocycles. The van der Waals surface area contributed by atoms with Gasteiger partial charge in [-0.05, 0) is 38.1 Å². The molecule has 9 heteroatoms. The quantitative estimate of drug-likeness (QED) is 0.666. The number of amides is 4. The van der Waals surface area contributed by atoms with E-state index in [4.69, 9.17) is 9.47 Å². The summed E-state index contributed by atoms with van der Waals surface area (Å²) in [6.45, 7) is 4.61. The molecule has 1 aromatic rings. The van der Waals surface area contributed by atoms with Gasteiger partial charge in [-0.15, -0.1) is 0 Å². The highest BCUT2D eigenvalue weighted by atomic mass is 16.6. The zero-order chi connectivity index (χ0) is 22.1. The lowest BCUT2D eigenvalue weighted by atomic mass is 10.1. The zero-order valence-corrected chi connectivity index (χ0v) is 17.4. The molecule has 3 aliphatic heterocycles. The van der Waals surface area contributed by atoms with Gasteiger partial charge in [-0.1, -0.05) is 12.2 Å². The molecular formula is C22H23N3O6. The maximum atomic E-state index is 12.6. The van der Waals surface area contributed by atoms with Gasteiger partial charge in [-0.25, -0.2) is 4.79 Å². The van der Waals surface area contributed by atoms with E-state index in [1.165, 1.54) is 4.90 Å². The largest absolute Gasteiger partial charge is 0.442 e. The maximum Gasteiger partial charge on any atom is 0.414 e. The number of benzene rings is 1. The highest BCUT2D eigenvalue weighted by Gasteiger charge is 2.40. The van der Waals surface area contributed by atoms with Crippen molar-refractivity contribution >= 4 is 35.2 Å². The van der Waals surface area contributed by atoms with Crippen LogP contribution in [0.5, 0.6) is 0 Å². The first-order chi connectivity index (χ1) is 14.9. The van der Waals surface area contributed by atoms with Gasteiger partial charge in [-0.2, -0.15) is 0 Å². The monoisotopic (exact) mass is 425 g/mol. The molecule has 0 radical (unpaired) electrons. The van der Waals surface area contributed by atoms with E-state index in [1.807, 2.05) is 0 Å². The summed E-state index contributed by atoms with van der Waals surface area (Å²) in [5, 5.41) is 0. The molecule has 31 heavy (non-hydrogen) atoms. The van der Waals surface area contributed by atoms with Crippen LogP contribution in [-0.4, -0.2) is 67.7 Å². The fourth-order valence-electron chi connectivity index (χ4n) is 3.88. The number of carbonyl (C=O) groups is 4. The number of morpholine rings is 1. The summed E-state index contributed by atoms with van der Waals surface area (Å²) in [5.41, 5.74) is 2.09. The molecule has 0 saturated carbocycles. The molecule has 0 N–H and O–H groups in total. The van der Waals surface area contributed by atoms with Crippen LogP contribution in [0.15, 0.2) is 47.6 Å². The van der Waals surface area contributed by atoms with E-state index in [1.54, 1.807) is 55.2 Å². The summed E-state index contributed by atoms with van der Waals surface area (Å²) in [7, 11) is 0. The molecule has 3 aliphatic rings. The van der Waals surface area contributed by atoms with Crippen LogP contribution in [-0.2, 0) is 23.9 Å². The van der Waals surface area contributed by atoms with Crippen molar-refractivity contribution in [2.45, 2.75) is 20.0 Å². The first kappa shape index (κ1) is 20.8.